The van der Waals surface area contributed by atoms with E-state index < -0.39 is 5.91 Å². The predicted molar refractivity (Wildman–Crippen MR) is 95.2 cm³/mol. The van der Waals surface area contributed by atoms with Gasteiger partial charge in [-0.05, 0) is 49.4 Å². The van der Waals surface area contributed by atoms with Gasteiger partial charge in [0, 0.05) is 5.56 Å². The molecule has 0 aromatic heterocycles. The van der Waals surface area contributed by atoms with Crippen LogP contribution in [0.1, 0.15) is 40.4 Å². The molecular weight excluding hydrogens is 316 g/mol. The molecule has 1 fully saturated rings. The Hall–Kier alpha value is -2.82. The molecule has 2 amide bonds. The van der Waals surface area contributed by atoms with Crippen molar-refractivity contribution < 1.29 is 14.3 Å². The summed E-state index contributed by atoms with van der Waals surface area (Å²) in [6, 6.07) is 15.1. The van der Waals surface area contributed by atoms with Crippen molar-refractivity contribution in [1.29, 1.82) is 0 Å². The summed E-state index contributed by atoms with van der Waals surface area (Å²) < 4.78 is 5.27. The standard InChI is InChI=1S/C20H22N2O3/c1-13-5-7-14(8-6-13)19(15-9-10-15)22-20(24)16-3-2-4-17(11-16)25-12-18(21)23/h2-8,11,15,19H,9-10,12H2,1H3,(H2,21,23)(H,22,24). The summed E-state index contributed by atoms with van der Waals surface area (Å²) in [5.74, 6) is 0.232. The van der Waals surface area contributed by atoms with E-state index in [4.69, 9.17) is 10.5 Å². The lowest BCUT2D eigenvalue weighted by atomic mass is 10.0. The van der Waals surface area contributed by atoms with Crippen molar-refractivity contribution in [3.8, 4) is 5.75 Å². The highest BCUT2D eigenvalue weighted by molar-refractivity contribution is 5.94. The summed E-state index contributed by atoms with van der Waals surface area (Å²) in [6.45, 7) is 1.84. The maximum absolute atomic E-state index is 12.7. The Labute approximate surface area is 147 Å². The van der Waals surface area contributed by atoms with Crippen molar-refractivity contribution in [3.63, 3.8) is 0 Å². The molecule has 0 saturated heterocycles. The van der Waals surface area contributed by atoms with Crippen LogP contribution in [0.3, 0.4) is 0 Å². The number of aryl methyl sites for hydroxylation is 1. The van der Waals surface area contributed by atoms with E-state index in [9.17, 15) is 9.59 Å². The molecule has 1 unspecified atom stereocenters. The molecule has 1 atom stereocenters. The van der Waals surface area contributed by atoms with Gasteiger partial charge in [0.1, 0.15) is 5.75 Å². The second-order valence-electron chi connectivity index (χ2n) is 6.48. The maximum atomic E-state index is 12.7. The number of ether oxygens (including phenoxy) is 1. The first kappa shape index (κ1) is 17.0. The fraction of sp³-hybridized carbons (Fsp3) is 0.300. The van der Waals surface area contributed by atoms with Gasteiger partial charge in [0.15, 0.2) is 6.61 Å². The van der Waals surface area contributed by atoms with Crippen LogP contribution in [0.25, 0.3) is 0 Å². The average Bonchev–Trinajstić information content (AvgIpc) is 3.44. The van der Waals surface area contributed by atoms with E-state index in [1.165, 1.54) is 5.56 Å². The molecule has 3 rings (SSSR count). The molecule has 0 bridgehead atoms. The van der Waals surface area contributed by atoms with E-state index in [1.54, 1.807) is 24.3 Å². The lowest BCUT2D eigenvalue weighted by Crippen LogP contribution is -2.30. The van der Waals surface area contributed by atoms with Crippen LogP contribution < -0.4 is 15.8 Å². The van der Waals surface area contributed by atoms with Gasteiger partial charge in [-0.25, -0.2) is 0 Å². The third-order valence-electron chi connectivity index (χ3n) is 4.29. The molecule has 5 heteroatoms. The van der Waals surface area contributed by atoms with Crippen molar-refractivity contribution >= 4 is 11.8 Å². The summed E-state index contributed by atoms with van der Waals surface area (Å²) in [5, 5.41) is 3.14. The number of hydrogen-bond acceptors (Lipinski definition) is 3. The topological polar surface area (TPSA) is 81.4 Å². The monoisotopic (exact) mass is 338 g/mol. The van der Waals surface area contributed by atoms with Crippen LogP contribution in [-0.2, 0) is 4.79 Å². The molecule has 130 valence electrons. The van der Waals surface area contributed by atoms with Crippen LogP contribution in [0.5, 0.6) is 5.75 Å². The fourth-order valence-electron chi connectivity index (χ4n) is 2.78. The largest absolute Gasteiger partial charge is 0.484 e. The molecule has 5 nitrogen and oxygen atoms in total. The minimum absolute atomic E-state index is 0.0169. The number of nitrogens with one attached hydrogen (secondary N) is 1. The number of benzene rings is 2. The van der Waals surface area contributed by atoms with Gasteiger partial charge >= 0.3 is 0 Å². The van der Waals surface area contributed by atoms with Crippen LogP contribution in [0.15, 0.2) is 48.5 Å². The predicted octanol–water partition coefficient (Wildman–Crippen LogP) is 2.74. The molecule has 0 heterocycles. The second kappa shape index (κ2) is 7.38. The SMILES string of the molecule is Cc1ccc(C(NC(=O)c2cccc(OCC(N)=O)c2)C2CC2)cc1. The smallest absolute Gasteiger partial charge is 0.255 e. The van der Waals surface area contributed by atoms with Gasteiger partial charge in [-0.15, -0.1) is 0 Å². The Bertz CT molecular complexity index is 767. The molecule has 0 aliphatic heterocycles. The van der Waals surface area contributed by atoms with Crippen molar-refractivity contribution in [2.24, 2.45) is 11.7 Å². The third-order valence-corrected chi connectivity index (χ3v) is 4.29. The van der Waals surface area contributed by atoms with Crippen molar-refractivity contribution in [2.75, 3.05) is 6.61 Å². The molecule has 1 saturated carbocycles. The zero-order valence-electron chi connectivity index (χ0n) is 14.2. The molecule has 3 N–H and O–H groups in total. The van der Waals surface area contributed by atoms with E-state index in [2.05, 4.69) is 29.6 Å². The van der Waals surface area contributed by atoms with Gasteiger partial charge in [-0.3, -0.25) is 9.59 Å². The van der Waals surface area contributed by atoms with Crippen LogP contribution in [0.4, 0.5) is 0 Å². The first-order valence-corrected chi connectivity index (χ1v) is 8.41. The van der Waals surface area contributed by atoms with Crippen LogP contribution in [0.2, 0.25) is 0 Å². The number of nitrogens with two attached hydrogens (primary N) is 1. The van der Waals surface area contributed by atoms with Crippen molar-refractivity contribution in [1.82, 2.24) is 5.32 Å². The molecule has 0 radical (unpaired) electrons. The minimum atomic E-state index is -0.553. The van der Waals surface area contributed by atoms with E-state index >= 15 is 0 Å². The molecule has 1 aliphatic carbocycles. The Morgan fingerprint density at radius 3 is 2.56 bits per heavy atom. The highest BCUT2D eigenvalue weighted by Crippen LogP contribution is 2.41. The Balaban J connectivity index is 1.72. The molecule has 2 aromatic rings. The first-order chi connectivity index (χ1) is 12.0. The minimum Gasteiger partial charge on any atom is -0.484 e. The first-order valence-electron chi connectivity index (χ1n) is 8.41. The molecule has 0 spiro atoms. The average molecular weight is 338 g/mol. The summed E-state index contributed by atoms with van der Waals surface area (Å²) in [5.41, 5.74) is 7.90. The quantitative estimate of drug-likeness (QED) is 0.814. The highest BCUT2D eigenvalue weighted by Gasteiger charge is 2.33. The molecule has 1 aliphatic rings. The molecule has 2 aromatic carbocycles. The van der Waals surface area contributed by atoms with E-state index in [0.29, 0.717) is 17.2 Å². The summed E-state index contributed by atoms with van der Waals surface area (Å²) >= 11 is 0. The normalized spacial score (nSPS) is 14.6. The zero-order valence-corrected chi connectivity index (χ0v) is 14.2. The Kier molecular flexibility index (Phi) is 5.03. The van der Waals surface area contributed by atoms with E-state index in [1.807, 2.05) is 6.92 Å². The van der Waals surface area contributed by atoms with E-state index in [0.717, 1.165) is 18.4 Å². The van der Waals surface area contributed by atoms with Gasteiger partial charge in [-0.1, -0.05) is 35.9 Å². The van der Waals surface area contributed by atoms with E-state index in [-0.39, 0.29) is 18.6 Å². The summed E-state index contributed by atoms with van der Waals surface area (Å²) in [7, 11) is 0. The number of amides is 2. The lowest BCUT2D eigenvalue weighted by Gasteiger charge is -2.19. The van der Waals surface area contributed by atoms with Crippen LogP contribution in [0, 0.1) is 12.8 Å². The van der Waals surface area contributed by atoms with Crippen LogP contribution in [-0.4, -0.2) is 18.4 Å². The van der Waals surface area contributed by atoms with Crippen molar-refractivity contribution in [2.45, 2.75) is 25.8 Å². The number of carbonyl (C=O) groups is 2. The van der Waals surface area contributed by atoms with Crippen LogP contribution >= 0.6 is 0 Å². The Morgan fingerprint density at radius 2 is 1.92 bits per heavy atom. The number of rotatable bonds is 7. The number of primary amides is 1. The summed E-state index contributed by atoms with van der Waals surface area (Å²) in [4.78, 5) is 23.5. The van der Waals surface area contributed by atoms with Gasteiger partial charge in [0.05, 0.1) is 6.04 Å². The summed E-state index contributed by atoms with van der Waals surface area (Å²) in [6.07, 6.45) is 2.25. The lowest BCUT2D eigenvalue weighted by molar-refractivity contribution is -0.119. The maximum Gasteiger partial charge on any atom is 0.255 e. The fourth-order valence-corrected chi connectivity index (χ4v) is 2.78. The van der Waals surface area contributed by atoms with Gasteiger partial charge < -0.3 is 15.8 Å². The molecule has 25 heavy (non-hydrogen) atoms. The molecular formula is C20H22N2O3. The Morgan fingerprint density at radius 1 is 1.20 bits per heavy atom. The highest BCUT2D eigenvalue weighted by atomic mass is 16.5. The van der Waals surface area contributed by atoms with Gasteiger partial charge in [0.2, 0.25) is 0 Å². The van der Waals surface area contributed by atoms with Gasteiger partial charge in [-0.2, -0.15) is 0 Å². The van der Waals surface area contributed by atoms with Gasteiger partial charge in [0.25, 0.3) is 11.8 Å². The number of hydrogen-bond donors (Lipinski definition) is 2. The zero-order chi connectivity index (χ0) is 17.8. The van der Waals surface area contributed by atoms with Crippen molar-refractivity contribution in [3.05, 3.63) is 65.2 Å². The number of carbonyl (C=O) groups excluding carboxylic acids is 2. The second-order valence-corrected chi connectivity index (χ2v) is 6.48. The third kappa shape index (κ3) is 4.59.